The molecule has 0 amide bonds. The van der Waals surface area contributed by atoms with Gasteiger partial charge in [-0.05, 0) is 48.4 Å². The van der Waals surface area contributed by atoms with Crippen LogP contribution in [0.25, 0.3) is 0 Å². The van der Waals surface area contributed by atoms with Crippen LogP contribution in [0.2, 0.25) is 0 Å². The van der Waals surface area contributed by atoms with Gasteiger partial charge in [0.2, 0.25) is 0 Å². The summed E-state index contributed by atoms with van der Waals surface area (Å²) in [4.78, 5) is 17.8. The predicted octanol–water partition coefficient (Wildman–Crippen LogP) is 5.24. The van der Waals surface area contributed by atoms with Crippen LogP contribution in [0.1, 0.15) is 35.7 Å². The Balaban J connectivity index is 2.03. The highest BCUT2D eigenvalue weighted by molar-refractivity contribution is 7.89. The molecule has 37 heavy (non-hydrogen) atoms. The summed E-state index contributed by atoms with van der Waals surface area (Å²) in [5.41, 5.74) is 1.15. The van der Waals surface area contributed by atoms with Gasteiger partial charge in [0, 0.05) is 13.6 Å². The van der Waals surface area contributed by atoms with E-state index in [0.29, 0.717) is 28.2 Å². The molecule has 3 rings (SSSR count). The molecule has 0 unspecified atom stereocenters. The van der Waals surface area contributed by atoms with Crippen LogP contribution in [0.5, 0.6) is 17.2 Å². The summed E-state index contributed by atoms with van der Waals surface area (Å²) < 4.78 is 44.2. The maximum Gasteiger partial charge on any atom is 0.338 e. The second-order valence-corrected chi connectivity index (χ2v) is 9.97. The average molecular weight is 529 g/mol. The van der Waals surface area contributed by atoms with Crippen molar-refractivity contribution >= 4 is 21.7 Å². The first-order chi connectivity index (χ1) is 17.8. The van der Waals surface area contributed by atoms with Crippen molar-refractivity contribution < 1.29 is 32.3 Å². The van der Waals surface area contributed by atoms with Crippen molar-refractivity contribution in [2.24, 2.45) is 0 Å². The number of rotatable bonds is 13. The molecule has 10 heteroatoms. The van der Waals surface area contributed by atoms with Crippen molar-refractivity contribution in [2.75, 3.05) is 33.1 Å². The van der Waals surface area contributed by atoms with Gasteiger partial charge in [-0.25, -0.2) is 13.2 Å². The van der Waals surface area contributed by atoms with Crippen molar-refractivity contribution in [3.63, 3.8) is 0 Å². The maximum atomic E-state index is 13.4. The molecule has 0 spiro atoms. The number of methoxy groups -OCH3 is 1. The van der Waals surface area contributed by atoms with Gasteiger partial charge >= 0.3 is 5.97 Å². The molecular formula is C27H32N2O7S. The lowest BCUT2D eigenvalue weighted by Crippen LogP contribution is -2.26. The molecule has 198 valence electrons. The molecule has 0 bridgehead atoms. The van der Waals surface area contributed by atoms with E-state index >= 15 is 0 Å². The number of anilines is 1. The van der Waals surface area contributed by atoms with Crippen molar-refractivity contribution in [1.29, 1.82) is 0 Å². The number of unbranched alkanes of at least 4 members (excludes halogenated alkanes) is 1. The zero-order valence-corrected chi connectivity index (χ0v) is 22.2. The number of hydroxylamine groups is 1. The second-order valence-electron chi connectivity index (χ2n) is 8.07. The minimum absolute atomic E-state index is 0.00372. The number of carbonyl (C=O) groups is 1. The average Bonchev–Trinajstić information content (AvgIpc) is 2.92. The van der Waals surface area contributed by atoms with Crippen LogP contribution in [-0.2, 0) is 26.2 Å². The van der Waals surface area contributed by atoms with Gasteiger partial charge < -0.3 is 19.5 Å². The van der Waals surface area contributed by atoms with E-state index in [-0.39, 0.29) is 22.8 Å². The quantitative estimate of drug-likeness (QED) is 0.183. The van der Waals surface area contributed by atoms with E-state index in [4.69, 9.17) is 19.0 Å². The van der Waals surface area contributed by atoms with Crippen LogP contribution < -0.4 is 14.8 Å². The largest absolute Gasteiger partial charge is 0.497 e. The normalized spacial score (nSPS) is 11.3. The Morgan fingerprint density at radius 3 is 2.30 bits per heavy atom. The Morgan fingerprint density at radius 2 is 1.68 bits per heavy atom. The van der Waals surface area contributed by atoms with Crippen molar-refractivity contribution in [3.05, 3.63) is 77.9 Å². The molecular weight excluding hydrogens is 496 g/mol. The Bertz CT molecular complexity index is 1280. The molecule has 3 aromatic rings. The third-order valence-electron chi connectivity index (χ3n) is 5.50. The topological polar surface area (TPSA) is 103 Å². The SMILES string of the molecule is CCCCNc1cc(C(=O)OCc2ccc(OC)cc2)cc(S(=O)(=O)N(C)OC)c1Oc1ccccc1. The number of esters is 1. The van der Waals surface area contributed by atoms with Gasteiger partial charge in [-0.3, -0.25) is 4.84 Å². The fourth-order valence-corrected chi connectivity index (χ4v) is 4.48. The molecule has 1 N–H and O–H groups in total. The zero-order valence-electron chi connectivity index (χ0n) is 21.4. The fraction of sp³-hybridized carbons (Fsp3) is 0.296. The number of para-hydroxylation sites is 1. The van der Waals surface area contributed by atoms with Crippen molar-refractivity contribution in [1.82, 2.24) is 4.47 Å². The first-order valence-electron chi connectivity index (χ1n) is 11.8. The molecule has 0 aliphatic rings. The zero-order chi connectivity index (χ0) is 26.8. The number of nitrogens with one attached hydrogen (secondary N) is 1. The number of sulfonamides is 1. The summed E-state index contributed by atoms with van der Waals surface area (Å²) in [7, 11) is -0.128. The Morgan fingerprint density at radius 1 is 0.973 bits per heavy atom. The third kappa shape index (κ3) is 7.22. The van der Waals surface area contributed by atoms with Gasteiger partial charge in [0.1, 0.15) is 23.0 Å². The molecule has 9 nitrogen and oxygen atoms in total. The van der Waals surface area contributed by atoms with Gasteiger partial charge in [0.25, 0.3) is 10.0 Å². The second kappa shape index (κ2) is 13.1. The van der Waals surface area contributed by atoms with Crippen LogP contribution in [0, 0.1) is 0 Å². The van der Waals surface area contributed by atoms with E-state index < -0.39 is 16.0 Å². The smallest absolute Gasteiger partial charge is 0.338 e. The summed E-state index contributed by atoms with van der Waals surface area (Å²) in [6.07, 6.45) is 1.75. The summed E-state index contributed by atoms with van der Waals surface area (Å²) >= 11 is 0. The molecule has 0 aliphatic heterocycles. The van der Waals surface area contributed by atoms with Crippen LogP contribution in [0.4, 0.5) is 5.69 Å². The number of nitrogens with zero attached hydrogens (tertiary/aromatic N) is 1. The van der Waals surface area contributed by atoms with Crippen molar-refractivity contribution in [2.45, 2.75) is 31.3 Å². The highest BCUT2D eigenvalue weighted by Gasteiger charge is 2.30. The summed E-state index contributed by atoms with van der Waals surface area (Å²) in [6, 6.07) is 18.7. The van der Waals surface area contributed by atoms with Crippen molar-refractivity contribution in [3.8, 4) is 17.2 Å². The Hall–Kier alpha value is -3.60. The highest BCUT2D eigenvalue weighted by atomic mass is 32.2. The van der Waals surface area contributed by atoms with E-state index in [9.17, 15) is 13.2 Å². The first-order valence-corrected chi connectivity index (χ1v) is 13.2. The standard InChI is InChI=1S/C27H32N2O7S/c1-5-6-16-28-24-17-21(27(30)35-19-20-12-14-22(33-3)15-13-20)18-25(37(31,32)29(2)34-4)26(24)36-23-10-8-7-9-11-23/h7-15,17-18,28H,5-6,16,19H2,1-4H3. The molecule has 3 aromatic carbocycles. The lowest BCUT2D eigenvalue weighted by molar-refractivity contribution is -0.0259. The lowest BCUT2D eigenvalue weighted by Gasteiger charge is -2.21. The van der Waals surface area contributed by atoms with Crippen LogP contribution in [0.3, 0.4) is 0 Å². The number of carbonyl (C=O) groups excluding carboxylic acids is 1. The van der Waals surface area contributed by atoms with Crippen LogP contribution in [-0.4, -0.2) is 46.7 Å². The number of benzene rings is 3. The van der Waals surface area contributed by atoms with Gasteiger partial charge in [-0.2, -0.15) is 0 Å². The first kappa shape index (κ1) is 28.0. The van der Waals surface area contributed by atoms with Gasteiger partial charge in [-0.1, -0.05) is 48.1 Å². The maximum absolute atomic E-state index is 13.4. The number of ether oxygens (including phenoxy) is 3. The monoisotopic (exact) mass is 528 g/mol. The lowest BCUT2D eigenvalue weighted by atomic mass is 10.1. The number of hydrogen-bond donors (Lipinski definition) is 1. The van der Waals surface area contributed by atoms with Crippen LogP contribution >= 0.6 is 0 Å². The van der Waals surface area contributed by atoms with Gasteiger partial charge in [0.05, 0.1) is 25.5 Å². The molecule has 0 aromatic heterocycles. The molecule has 0 saturated carbocycles. The Kier molecular flexibility index (Phi) is 9.90. The Labute approximate surface area is 217 Å². The van der Waals surface area contributed by atoms with E-state index in [1.807, 2.05) is 13.0 Å². The molecule has 0 aliphatic carbocycles. The molecule has 0 radical (unpaired) electrons. The minimum atomic E-state index is -4.20. The predicted molar refractivity (Wildman–Crippen MR) is 140 cm³/mol. The fourth-order valence-electron chi connectivity index (χ4n) is 3.35. The molecule has 0 atom stereocenters. The molecule has 0 fully saturated rings. The summed E-state index contributed by atoms with van der Waals surface area (Å²) in [6.45, 7) is 2.59. The van der Waals surface area contributed by atoms with E-state index in [0.717, 1.165) is 18.4 Å². The summed E-state index contributed by atoms with van der Waals surface area (Å²) in [5, 5.41) is 3.22. The minimum Gasteiger partial charge on any atom is -0.497 e. The van der Waals surface area contributed by atoms with Crippen LogP contribution in [0.15, 0.2) is 71.6 Å². The molecule has 0 saturated heterocycles. The highest BCUT2D eigenvalue weighted by Crippen LogP contribution is 2.39. The van der Waals surface area contributed by atoms with E-state index in [1.165, 1.54) is 26.3 Å². The van der Waals surface area contributed by atoms with Gasteiger partial charge in [-0.15, -0.1) is 0 Å². The number of hydrogen-bond acceptors (Lipinski definition) is 8. The summed E-state index contributed by atoms with van der Waals surface area (Å²) in [5.74, 6) is 0.492. The van der Waals surface area contributed by atoms with E-state index in [2.05, 4.69) is 5.32 Å². The van der Waals surface area contributed by atoms with E-state index in [1.54, 1.807) is 55.6 Å². The van der Waals surface area contributed by atoms with Gasteiger partial charge in [0.15, 0.2) is 5.75 Å². The third-order valence-corrected chi connectivity index (χ3v) is 7.19. The molecule has 0 heterocycles.